The van der Waals surface area contributed by atoms with Crippen LogP contribution in [-0.4, -0.2) is 7.11 Å². The van der Waals surface area contributed by atoms with Gasteiger partial charge in [-0.25, -0.2) is 4.39 Å². The molecule has 102 valence electrons. The number of anilines is 2. The Balaban J connectivity index is 2.43. The van der Waals surface area contributed by atoms with Gasteiger partial charge in [-0.05, 0) is 56.1 Å². The van der Waals surface area contributed by atoms with Crippen molar-refractivity contribution in [3.8, 4) is 11.8 Å². The summed E-state index contributed by atoms with van der Waals surface area (Å²) in [5.74, 6) is 0.205. The van der Waals surface area contributed by atoms with Crippen molar-refractivity contribution in [3.05, 3.63) is 50.7 Å². The summed E-state index contributed by atoms with van der Waals surface area (Å²) in [7, 11) is 1.57. The molecule has 0 atom stereocenters. The van der Waals surface area contributed by atoms with Gasteiger partial charge in [0.2, 0.25) is 0 Å². The van der Waals surface area contributed by atoms with Crippen LogP contribution < -0.4 is 10.1 Å². The number of halogens is 3. The number of hydrogen-bond acceptors (Lipinski definition) is 3. The highest BCUT2D eigenvalue weighted by molar-refractivity contribution is 9.11. The number of nitrogens with one attached hydrogen (secondary N) is 1. The van der Waals surface area contributed by atoms with Crippen LogP contribution in [0.1, 0.15) is 5.56 Å². The third-order valence-electron chi connectivity index (χ3n) is 2.61. The van der Waals surface area contributed by atoms with E-state index in [1.807, 2.05) is 12.1 Å². The number of methoxy groups -OCH3 is 1. The minimum Gasteiger partial charge on any atom is -0.495 e. The molecule has 0 spiro atoms. The third kappa shape index (κ3) is 3.11. The van der Waals surface area contributed by atoms with E-state index in [1.165, 1.54) is 18.2 Å². The van der Waals surface area contributed by atoms with Crippen molar-refractivity contribution in [3.63, 3.8) is 0 Å². The molecule has 0 aliphatic carbocycles. The first-order valence-corrected chi connectivity index (χ1v) is 7.13. The Kier molecular flexibility index (Phi) is 4.63. The van der Waals surface area contributed by atoms with Gasteiger partial charge in [-0.1, -0.05) is 0 Å². The molecule has 1 N–H and O–H groups in total. The monoisotopic (exact) mass is 398 g/mol. The minimum absolute atomic E-state index is 0.235. The lowest BCUT2D eigenvalue weighted by atomic mass is 10.2. The first-order valence-electron chi connectivity index (χ1n) is 5.55. The zero-order valence-corrected chi connectivity index (χ0v) is 13.5. The van der Waals surface area contributed by atoms with E-state index >= 15 is 0 Å². The van der Waals surface area contributed by atoms with E-state index in [2.05, 4.69) is 37.2 Å². The molecule has 0 fully saturated rings. The van der Waals surface area contributed by atoms with Gasteiger partial charge >= 0.3 is 0 Å². The summed E-state index contributed by atoms with van der Waals surface area (Å²) in [4.78, 5) is 0. The van der Waals surface area contributed by atoms with Crippen molar-refractivity contribution < 1.29 is 9.13 Å². The van der Waals surface area contributed by atoms with Gasteiger partial charge in [0.25, 0.3) is 0 Å². The predicted octanol–water partition coefficient (Wildman–Crippen LogP) is 4.97. The van der Waals surface area contributed by atoms with Crippen LogP contribution in [0.5, 0.6) is 5.75 Å². The first kappa shape index (κ1) is 14.8. The molecule has 0 unspecified atom stereocenters. The fourth-order valence-corrected chi connectivity index (χ4v) is 2.90. The van der Waals surface area contributed by atoms with Crippen molar-refractivity contribution in [2.24, 2.45) is 0 Å². The maximum absolute atomic E-state index is 13.1. The molecule has 0 radical (unpaired) electrons. The summed E-state index contributed by atoms with van der Waals surface area (Å²) in [6.45, 7) is 0. The SMILES string of the molecule is COc1cc(Nc2ccc(F)cc2C#N)c(Br)cc1Br. The highest BCUT2D eigenvalue weighted by atomic mass is 79.9. The summed E-state index contributed by atoms with van der Waals surface area (Å²) in [5, 5.41) is 12.1. The maximum Gasteiger partial charge on any atom is 0.135 e. The molecule has 0 aromatic heterocycles. The average molecular weight is 400 g/mol. The Morgan fingerprint density at radius 3 is 2.55 bits per heavy atom. The van der Waals surface area contributed by atoms with E-state index in [1.54, 1.807) is 13.2 Å². The largest absolute Gasteiger partial charge is 0.495 e. The lowest BCUT2D eigenvalue weighted by Gasteiger charge is -2.13. The van der Waals surface area contributed by atoms with Crippen molar-refractivity contribution >= 4 is 43.2 Å². The summed E-state index contributed by atoms with van der Waals surface area (Å²) >= 11 is 6.80. The minimum atomic E-state index is -0.445. The molecule has 6 heteroatoms. The lowest BCUT2D eigenvalue weighted by molar-refractivity contribution is 0.412. The fourth-order valence-electron chi connectivity index (χ4n) is 1.64. The Morgan fingerprint density at radius 2 is 1.90 bits per heavy atom. The smallest absolute Gasteiger partial charge is 0.135 e. The van der Waals surface area contributed by atoms with Gasteiger partial charge in [-0.2, -0.15) is 5.26 Å². The molecule has 3 nitrogen and oxygen atoms in total. The number of benzene rings is 2. The van der Waals surface area contributed by atoms with Gasteiger partial charge in [0, 0.05) is 10.5 Å². The van der Waals surface area contributed by atoms with Gasteiger partial charge in [0.05, 0.1) is 28.5 Å². The molecule has 0 bridgehead atoms. The summed E-state index contributed by atoms with van der Waals surface area (Å²) in [5.41, 5.74) is 1.48. The highest BCUT2D eigenvalue weighted by Gasteiger charge is 2.10. The zero-order valence-electron chi connectivity index (χ0n) is 10.4. The van der Waals surface area contributed by atoms with Crippen molar-refractivity contribution in [1.82, 2.24) is 0 Å². The molecule has 0 heterocycles. The summed E-state index contributed by atoms with van der Waals surface area (Å²) in [6, 6.07) is 9.57. The molecule has 2 rings (SSSR count). The molecule has 0 amide bonds. The normalized spacial score (nSPS) is 9.95. The second-order valence-electron chi connectivity index (χ2n) is 3.89. The van der Waals surface area contributed by atoms with Gasteiger partial charge in [0.1, 0.15) is 17.6 Å². The highest BCUT2D eigenvalue weighted by Crippen LogP contribution is 2.36. The Hall–Kier alpha value is -1.58. The van der Waals surface area contributed by atoms with Crippen LogP contribution in [0.15, 0.2) is 39.3 Å². The Morgan fingerprint density at radius 1 is 1.15 bits per heavy atom. The zero-order chi connectivity index (χ0) is 14.7. The van der Waals surface area contributed by atoms with Crippen LogP contribution in [-0.2, 0) is 0 Å². The van der Waals surface area contributed by atoms with Gasteiger partial charge in [-0.3, -0.25) is 0 Å². The standard InChI is InChI=1S/C14H9Br2FN2O/c1-20-14-6-13(10(15)5-11(14)16)19-12-3-2-9(17)4-8(12)7-18/h2-6,19H,1H3. The van der Waals surface area contributed by atoms with Crippen LogP contribution in [0.25, 0.3) is 0 Å². The van der Waals surface area contributed by atoms with Crippen molar-refractivity contribution in [2.75, 3.05) is 12.4 Å². The molecule has 20 heavy (non-hydrogen) atoms. The number of nitriles is 1. The quantitative estimate of drug-likeness (QED) is 0.791. The second-order valence-corrected chi connectivity index (χ2v) is 5.60. The fraction of sp³-hybridized carbons (Fsp3) is 0.0714. The lowest BCUT2D eigenvalue weighted by Crippen LogP contribution is -1.96. The molecule has 2 aromatic rings. The third-order valence-corrected chi connectivity index (χ3v) is 3.89. The van der Waals surface area contributed by atoms with E-state index in [0.717, 1.165) is 8.95 Å². The average Bonchev–Trinajstić information content (AvgIpc) is 2.43. The molecular formula is C14H9Br2FN2O. The molecule has 0 aliphatic rings. The number of rotatable bonds is 3. The predicted molar refractivity (Wildman–Crippen MR) is 82.8 cm³/mol. The second kappa shape index (κ2) is 6.25. The van der Waals surface area contributed by atoms with Gasteiger partial charge in [-0.15, -0.1) is 0 Å². The Labute approximate surface area is 132 Å². The van der Waals surface area contributed by atoms with Crippen LogP contribution in [0.3, 0.4) is 0 Å². The van der Waals surface area contributed by atoms with E-state index < -0.39 is 5.82 Å². The van der Waals surface area contributed by atoms with E-state index in [9.17, 15) is 4.39 Å². The van der Waals surface area contributed by atoms with E-state index in [0.29, 0.717) is 17.1 Å². The number of hydrogen-bond donors (Lipinski definition) is 1. The Bertz CT molecular complexity index is 698. The molecule has 0 saturated carbocycles. The number of ether oxygens (including phenoxy) is 1. The van der Waals surface area contributed by atoms with E-state index in [4.69, 9.17) is 10.00 Å². The topological polar surface area (TPSA) is 45.0 Å². The van der Waals surface area contributed by atoms with Crippen molar-refractivity contribution in [2.45, 2.75) is 0 Å². The van der Waals surface area contributed by atoms with Crippen LogP contribution in [0.2, 0.25) is 0 Å². The van der Waals surface area contributed by atoms with Crippen molar-refractivity contribution in [1.29, 1.82) is 5.26 Å². The van der Waals surface area contributed by atoms with Gasteiger partial charge < -0.3 is 10.1 Å². The molecule has 0 saturated heterocycles. The van der Waals surface area contributed by atoms with Crippen LogP contribution in [0.4, 0.5) is 15.8 Å². The molecular weight excluding hydrogens is 391 g/mol. The van der Waals surface area contributed by atoms with E-state index in [-0.39, 0.29) is 5.56 Å². The van der Waals surface area contributed by atoms with Crippen LogP contribution >= 0.6 is 31.9 Å². The summed E-state index contributed by atoms with van der Waals surface area (Å²) < 4.78 is 19.9. The number of nitrogens with zero attached hydrogens (tertiary/aromatic N) is 1. The van der Waals surface area contributed by atoms with Crippen LogP contribution in [0, 0.1) is 17.1 Å². The first-order chi connectivity index (χ1) is 9.55. The maximum atomic E-state index is 13.1. The molecule has 0 aliphatic heterocycles. The molecule has 2 aromatic carbocycles. The van der Waals surface area contributed by atoms with Gasteiger partial charge in [0.15, 0.2) is 0 Å². The summed E-state index contributed by atoms with van der Waals surface area (Å²) in [6.07, 6.45) is 0.